The number of hydrogen-bond donors (Lipinski definition) is 1. The number of hydrogen-bond acceptors (Lipinski definition) is 5. The Balaban J connectivity index is 1.45. The van der Waals surface area contributed by atoms with E-state index in [1.54, 1.807) is 11.6 Å². The Morgan fingerprint density at radius 1 is 1.09 bits per heavy atom. The molecule has 0 saturated heterocycles. The molecule has 0 bridgehead atoms. The molecule has 0 unspecified atom stereocenters. The number of amides is 1. The van der Waals surface area contributed by atoms with Crippen LogP contribution in [0.15, 0.2) is 76.0 Å². The first kappa shape index (κ1) is 23.3. The molecule has 1 amide bonds. The summed E-state index contributed by atoms with van der Waals surface area (Å²) in [6.07, 6.45) is 1.78. The highest BCUT2D eigenvalue weighted by Crippen LogP contribution is 2.32. The molecule has 0 aliphatic heterocycles. The maximum atomic E-state index is 13.2. The normalized spacial score (nSPS) is 13.1. The van der Waals surface area contributed by atoms with Gasteiger partial charge in [0.15, 0.2) is 5.16 Å². The van der Waals surface area contributed by atoms with Gasteiger partial charge in [-0.05, 0) is 37.8 Å². The summed E-state index contributed by atoms with van der Waals surface area (Å²) in [5.74, 6) is -0.0499. The Morgan fingerprint density at radius 2 is 1.76 bits per heavy atom. The zero-order valence-corrected chi connectivity index (χ0v) is 20.6. The summed E-state index contributed by atoms with van der Waals surface area (Å²) in [6, 6.07) is 20.2. The predicted octanol–water partition coefficient (Wildman–Crippen LogP) is 5.28. The molecule has 1 N–H and O–H groups in total. The number of nitrogens with zero attached hydrogens (tertiary/aromatic N) is 2. The lowest BCUT2D eigenvalue weighted by molar-refractivity contribution is -0.120. The lowest BCUT2D eigenvalue weighted by Gasteiger charge is -2.18. The van der Waals surface area contributed by atoms with E-state index in [2.05, 4.69) is 17.4 Å². The molecule has 4 aromatic rings. The molecule has 0 spiro atoms. The summed E-state index contributed by atoms with van der Waals surface area (Å²) in [5, 5.41) is 5.89. The lowest BCUT2D eigenvalue weighted by atomic mass is 10.1. The molecule has 0 fully saturated rings. The second-order valence-corrected chi connectivity index (χ2v) is 10.3. The zero-order valence-electron chi connectivity index (χ0n) is 18.9. The van der Waals surface area contributed by atoms with E-state index >= 15 is 0 Å². The van der Waals surface area contributed by atoms with Gasteiger partial charge in [-0.3, -0.25) is 14.2 Å². The molecular weight excluding hydrogens is 450 g/mol. The van der Waals surface area contributed by atoms with Crippen LogP contribution in [-0.2, 0) is 18.3 Å². The van der Waals surface area contributed by atoms with Crippen LogP contribution < -0.4 is 10.9 Å². The first-order valence-electron chi connectivity index (χ1n) is 11.0. The molecule has 2 heterocycles. The Hall–Kier alpha value is -2.90. The molecule has 170 valence electrons. The molecule has 0 aliphatic carbocycles. The quantitative estimate of drug-likeness (QED) is 0.277. The van der Waals surface area contributed by atoms with Gasteiger partial charge in [-0.2, -0.15) is 0 Å². The topological polar surface area (TPSA) is 64.0 Å². The number of carbonyl (C=O) groups excluding carboxylic acids is 1. The molecule has 0 saturated carbocycles. The summed E-state index contributed by atoms with van der Waals surface area (Å²) in [7, 11) is 1.72. The van der Waals surface area contributed by atoms with Crippen LogP contribution in [0.4, 0.5) is 0 Å². The highest BCUT2D eigenvalue weighted by molar-refractivity contribution is 8.00. The number of fused-ring (bicyclic) bond motifs is 1. The maximum absolute atomic E-state index is 13.2. The Kier molecular flexibility index (Phi) is 7.30. The number of aryl methyl sites for hydroxylation is 1. The number of thiophene rings is 1. The van der Waals surface area contributed by atoms with Crippen molar-refractivity contribution in [3.63, 3.8) is 0 Å². The highest BCUT2D eigenvalue weighted by Gasteiger charge is 2.21. The van der Waals surface area contributed by atoms with Crippen molar-refractivity contribution in [2.45, 2.75) is 43.1 Å². The second kappa shape index (κ2) is 10.4. The molecule has 0 aliphatic rings. The number of nitrogens with one attached hydrogen (secondary N) is 1. The molecule has 4 rings (SSSR count). The molecular formula is C26H27N3O2S2. The van der Waals surface area contributed by atoms with E-state index in [9.17, 15) is 9.59 Å². The van der Waals surface area contributed by atoms with E-state index in [0.717, 1.165) is 24.0 Å². The van der Waals surface area contributed by atoms with Gasteiger partial charge in [0, 0.05) is 24.0 Å². The predicted molar refractivity (Wildman–Crippen MR) is 138 cm³/mol. The van der Waals surface area contributed by atoms with Crippen LogP contribution in [-0.4, -0.2) is 26.8 Å². The minimum Gasteiger partial charge on any atom is -0.353 e. The van der Waals surface area contributed by atoms with Crippen LogP contribution >= 0.6 is 23.1 Å². The van der Waals surface area contributed by atoms with E-state index in [1.165, 1.54) is 28.7 Å². The van der Waals surface area contributed by atoms with Gasteiger partial charge < -0.3 is 5.32 Å². The highest BCUT2D eigenvalue weighted by atomic mass is 32.2. The van der Waals surface area contributed by atoms with Crippen LogP contribution in [0, 0.1) is 0 Å². The maximum Gasteiger partial charge on any atom is 0.263 e. The smallest absolute Gasteiger partial charge is 0.263 e. The number of benzene rings is 2. The van der Waals surface area contributed by atoms with Crippen molar-refractivity contribution < 1.29 is 4.79 Å². The summed E-state index contributed by atoms with van der Waals surface area (Å²) >= 11 is 2.77. The van der Waals surface area contributed by atoms with Crippen LogP contribution in [0.1, 0.15) is 25.8 Å². The molecule has 2 aromatic carbocycles. The third-order valence-corrected chi connectivity index (χ3v) is 7.62. The van der Waals surface area contributed by atoms with Crippen LogP contribution in [0.25, 0.3) is 21.3 Å². The third kappa shape index (κ3) is 5.37. The van der Waals surface area contributed by atoms with Gasteiger partial charge in [0.05, 0.1) is 10.6 Å². The number of rotatable bonds is 8. The fraction of sp³-hybridized carbons (Fsp3) is 0.269. The summed E-state index contributed by atoms with van der Waals surface area (Å²) < 4.78 is 1.55. The lowest BCUT2D eigenvalue weighted by Crippen LogP contribution is -2.38. The van der Waals surface area contributed by atoms with Crippen molar-refractivity contribution in [2.24, 2.45) is 7.05 Å². The number of aromatic nitrogens is 2. The minimum absolute atomic E-state index is 0.0499. The van der Waals surface area contributed by atoms with E-state index in [0.29, 0.717) is 15.4 Å². The van der Waals surface area contributed by atoms with Crippen molar-refractivity contribution in [1.82, 2.24) is 14.9 Å². The molecule has 5 nitrogen and oxygen atoms in total. The second-order valence-electron chi connectivity index (χ2n) is 8.15. The zero-order chi connectivity index (χ0) is 23.4. The summed E-state index contributed by atoms with van der Waals surface area (Å²) in [5.41, 5.74) is 3.07. The van der Waals surface area contributed by atoms with E-state index in [4.69, 9.17) is 4.98 Å². The number of carbonyl (C=O) groups is 1. The van der Waals surface area contributed by atoms with E-state index in [-0.39, 0.29) is 22.8 Å². The van der Waals surface area contributed by atoms with Gasteiger partial charge in [-0.15, -0.1) is 11.3 Å². The Labute approximate surface area is 201 Å². The van der Waals surface area contributed by atoms with Crippen LogP contribution in [0.5, 0.6) is 0 Å². The van der Waals surface area contributed by atoms with Gasteiger partial charge in [0.2, 0.25) is 5.91 Å². The molecule has 2 aromatic heterocycles. The van der Waals surface area contributed by atoms with Gasteiger partial charge in [-0.1, -0.05) is 72.4 Å². The van der Waals surface area contributed by atoms with Crippen molar-refractivity contribution in [3.05, 3.63) is 82.0 Å². The van der Waals surface area contributed by atoms with Crippen LogP contribution in [0.3, 0.4) is 0 Å². The van der Waals surface area contributed by atoms with Gasteiger partial charge in [0.25, 0.3) is 5.56 Å². The van der Waals surface area contributed by atoms with Crippen molar-refractivity contribution in [3.8, 4) is 11.1 Å². The SMILES string of the molecule is C[C@H](Sc1nc2scc(-c3ccccc3)c2c(=O)n1C)C(=O)N[C@@H](C)CCc1ccccc1. The van der Waals surface area contributed by atoms with E-state index in [1.807, 2.05) is 67.8 Å². The molecule has 2 atom stereocenters. The first-order chi connectivity index (χ1) is 15.9. The van der Waals surface area contributed by atoms with Gasteiger partial charge in [0.1, 0.15) is 4.83 Å². The standard InChI is InChI=1S/C26H27N3O2S2/c1-17(14-15-19-10-6-4-7-11-19)27-23(30)18(2)33-26-28-24-22(25(31)29(26)3)21(16-32-24)20-12-8-5-9-13-20/h4-13,16-18H,14-15H2,1-3H3,(H,27,30)/t17-,18-/m0/s1. The van der Waals surface area contributed by atoms with Crippen molar-refractivity contribution in [1.29, 1.82) is 0 Å². The fourth-order valence-electron chi connectivity index (χ4n) is 3.66. The van der Waals surface area contributed by atoms with E-state index < -0.39 is 0 Å². The molecule has 7 heteroatoms. The first-order valence-corrected chi connectivity index (χ1v) is 12.7. The largest absolute Gasteiger partial charge is 0.353 e. The summed E-state index contributed by atoms with van der Waals surface area (Å²) in [6.45, 7) is 3.87. The molecule has 0 radical (unpaired) electrons. The average molecular weight is 478 g/mol. The third-order valence-electron chi connectivity index (χ3n) is 5.61. The summed E-state index contributed by atoms with van der Waals surface area (Å²) in [4.78, 5) is 31.4. The van der Waals surface area contributed by atoms with Gasteiger partial charge >= 0.3 is 0 Å². The van der Waals surface area contributed by atoms with Crippen molar-refractivity contribution in [2.75, 3.05) is 0 Å². The minimum atomic E-state index is -0.367. The van der Waals surface area contributed by atoms with Crippen molar-refractivity contribution >= 4 is 39.2 Å². The van der Waals surface area contributed by atoms with Gasteiger partial charge in [-0.25, -0.2) is 4.98 Å². The molecule has 33 heavy (non-hydrogen) atoms. The average Bonchev–Trinajstić information content (AvgIpc) is 3.26. The Morgan fingerprint density at radius 3 is 2.45 bits per heavy atom. The monoisotopic (exact) mass is 477 g/mol. The fourth-order valence-corrected chi connectivity index (χ4v) is 5.53. The van der Waals surface area contributed by atoms with Crippen LogP contribution in [0.2, 0.25) is 0 Å². The number of thioether (sulfide) groups is 1. The Bertz CT molecular complexity index is 1300.